The Morgan fingerprint density at radius 3 is 2.75 bits per heavy atom. The Kier molecular flexibility index (Phi) is 4.55. The Balaban J connectivity index is 2.14. The Hall–Kier alpha value is -0.200. The van der Waals surface area contributed by atoms with Gasteiger partial charge < -0.3 is 5.32 Å². The van der Waals surface area contributed by atoms with Crippen molar-refractivity contribution in [3.63, 3.8) is 0 Å². The van der Waals surface area contributed by atoms with Crippen LogP contribution in [-0.4, -0.2) is 37.8 Å². The average Bonchev–Trinajstić information content (AvgIpc) is 2.31. The second-order valence-corrected chi connectivity index (χ2v) is 5.26. The van der Waals surface area contributed by atoms with Crippen molar-refractivity contribution in [3.05, 3.63) is 33.4 Å². The summed E-state index contributed by atoms with van der Waals surface area (Å²) >= 11 is 2.27. The monoisotopic (exact) mass is 334 g/mol. The molecule has 2 rings (SSSR count). The van der Waals surface area contributed by atoms with Crippen molar-refractivity contribution >= 4 is 22.6 Å². The van der Waals surface area contributed by atoms with Crippen molar-refractivity contribution in [1.29, 1.82) is 0 Å². The summed E-state index contributed by atoms with van der Waals surface area (Å²) in [5, 5.41) is 3.29. The third kappa shape index (κ3) is 2.93. The lowest BCUT2D eigenvalue weighted by atomic mass is 10.1. The molecule has 0 spiro atoms. The summed E-state index contributed by atoms with van der Waals surface area (Å²) in [5.74, 6) is 0. The van der Waals surface area contributed by atoms with Gasteiger partial charge in [0.05, 0.1) is 6.04 Å². The maximum Gasteiger partial charge on any atom is 0.109 e. The summed E-state index contributed by atoms with van der Waals surface area (Å²) in [6.07, 6.45) is 0. The molecule has 4 heteroatoms. The van der Waals surface area contributed by atoms with Gasteiger partial charge in [-0.05, 0) is 40.3 Å². The lowest BCUT2D eigenvalue weighted by Gasteiger charge is -2.33. The van der Waals surface area contributed by atoms with Gasteiger partial charge in [-0.15, -0.1) is 0 Å². The molecule has 1 aromatic rings. The molecule has 1 atom stereocenters. The van der Waals surface area contributed by atoms with Crippen LogP contribution in [0.15, 0.2) is 24.3 Å². The predicted octanol–water partition coefficient (Wildman–Crippen LogP) is 2.21. The van der Waals surface area contributed by atoms with Crippen LogP contribution >= 0.6 is 22.6 Å². The number of benzene rings is 1. The van der Waals surface area contributed by atoms with E-state index in [-0.39, 0.29) is 12.7 Å². The molecule has 0 saturated carbocycles. The zero-order chi connectivity index (χ0) is 11.4. The maximum absolute atomic E-state index is 13.2. The van der Waals surface area contributed by atoms with Gasteiger partial charge in [0.25, 0.3) is 0 Å². The standard InChI is InChI=1S/C12H16FIN2/c13-9-12(16-6-4-15-5-7-16)10-2-1-3-11(14)8-10/h1-3,8,12,15H,4-7,9H2/t12-/m1/s1. The van der Waals surface area contributed by atoms with Gasteiger partial charge in [0.2, 0.25) is 0 Å². The van der Waals surface area contributed by atoms with E-state index in [1.807, 2.05) is 18.2 Å². The van der Waals surface area contributed by atoms with Gasteiger partial charge in [0.1, 0.15) is 6.67 Å². The van der Waals surface area contributed by atoms with Crippen LogP contribution in [0.2, 0.25) is 0 Å². The molecular formula is C12H16FIN2. The Morgan fingerprint density at radius 1 is 1.38 bits per heavy atom. The molecule has 0 amide bonds. The fourth-order valence-corrected chi connectivity index (χ4v) is 2.67. The van der Waals surface area contributed by atoms with Crippen LogP contribution in [0.25, 0.3) is 0 Å². The SMILES string of the molecule is FC[C@H](c1cccc(I)c1)N1CCNCC1. The van der Waals surface area contributed by atoms with Crippen LogP contribution in [0.5, 0.6) is 0 Å². The summed E-state index contributed by atoms with van der Waals surface area (Å²) in [5.41, 5.74) is 1.09. The van der Waals surface area contributed by atoms with Gasteiger partial charge in [-0.1, -0.05) is 12.1 Å². The predicted molar refractivity (Wildman–Crippen MR) is 72.3 cm³/mol. The second kappa shape index (κ2) is 5.93. The minimum Gasteiger partial charge on any atom is -0.314 e. The first-order valence-electron chi connectivity index (χ1n) is 5.57. The third-order valence-electron chi connectivity index (χ3n) is 2.97. The number of alkyl halides is 1. The fourth-order valence-electron chi connectivity index (χ4n) is 2.11. The highest BCUT2D eigenvalue weighted by Gasteiger charge is 2.21. The quantitative estimate of drug-likeness (QED) is 0.853. The van der Waals surface area contributed by atoms with E-state index in [0.717, 1.165) is 31.7 Å². The third-order valence-corrected chi connectivity index (χ3v) is 3.64. The molecule has 0 unspecified atom stereocenters. The summed E-state index contributed by atoms with van der Waals surface area (Å²) in [6.45, 7) is 3.47. The number of nitrogens with zero attached hydrogens (tertiary/aromatic N) is 1. The molecule has 1 heterocycles. The van der Waals surface area contributed by atoms with Gasteiger partial charge in [-0.2, -0.15) is 0 Å². The molecule has 88 valence electrons. The summed E-state index contributed by atoms with van der Waals surface area (Å²) in [4.78, 5) is 2.22. The van der Waals surface area contributed by atoms with Crippen molar-refractivity contribution in [2.24, 2.45) is 0 Å². The van der Waals surface area contributed by atoms with Gasteiger partial charge in [0, 0.05) is 29.7 Å². The van der Waals surface area contributed by atoms with Gasteiger partial charge >= 0.3 is 0 Å². The van der Waals surface area contributed by atoms with E-state index in [1.165, 1.54) is 3.57 Å². The van der Waals surface area contributed by atoms with E-state index < -0.39 is 0 Å². The first-order valence-corrected chi connectivity index (χ1v) is 6.65. The van der Waals surface area contributed by atoms with Crippen molar-refractivity contribution in [2.75, 3.05) is 32.9 Å². The van der Waals surface area contributed by atoms with Crippen LogP contribution in [0.4, 0.5) is 4.39 Å². The number of nitrogens with one attached hydrogen (secondary N) is 1. The number of halogens is 2. The minimum absolute atomic E-state index is 0.0724. The zero-order valence-corrected chi connectivity index (χ0v) is 11.3. The molecule has 1 aliphatic rings. The van der Waals surface area contributed by atoms with E-state index in [9.17, 15) is 4.39 Å². The molecular weight excluding hydrogens is 318 g/mol. The molecule has 0 radical (unpaired) electrons. The van der Waals surface area contributed by atoms with E-state index >= 15 is 0 Å². The van der Waals surface area contributed by atoms with E-state index in [4.69, 9.17) is 0 Å². The summed E-state index contributed by atoms with van der Waals surface area (Å²) in [6, 6.07) is 8.07. The molecule has 1 N–H and O–H groups in total. The maximum atomic E-state index is 13.2. The van der Waals surface area contributed by atoms with Gasteiger partial charge in [-0.3, -0.25) is 4.90 Å². The normalized spacial score (nSPS) is 19.6. The summed E-state index contributed by atoms with van der Waals surface area (Å²) < 4.78 is 14.4. The van der Waals surface area contributed by atoms with Crippen molar-refractivity contribution in [1.82, 2.24) is 10.2 Å². The summed E-state index contributed by atoms with van der Waals surface area (Å²) in [7, 11) is 0. The molecule has 1 aliphatic heterocycles. The second-order valence-electron chi connectivity index (χ2n) is 4.01. The van der Waals surface area contributed by atoms with E-state index in [0.29, 0.717) is 0 Å². The molecule has 1 fully saturated rings. The van der Waals surface area contributed by atoms with Crippen molar-refractivity contribution in [3.8, 4) is 0 Å². The first kappa shape index (κ1) is 12.3. The van der Waals surface area contributed by atoms with Crippen LogP contribution in [0.1, 0.15) is 11.6 Å². The van der Waals surface area contributed by atoms with Gasteiger partial charge in [0.15, 0.2) is 0 Å². The highest BCUT2D eigenvalue weighted by molar-refractivity contribution is 14.1. The lowest BCUT2D eigenvalue weighted by Crippen LogP contribution is -2.45. The molecule has 1 aromatic carbocycles. The molecule has 0 bridgehead atoms. The zero-order valence-electron chi connectivity index (χ0n) is 9.13. The molecule has 1 saturated heterocycles. The lowest BCUT2D eigenvalue weighted by molar-refractivity contribution is 0.147. The Labute approximate surface area is 109 Å². The molecule has 16 heavy (non-hydrogen) atoms. The van der Waals surface area contributed by atoms with E-state index in [1.54, 1.807) is 0 Å². The van der Waals surface area contributed by atoms with Crippen LogP contribution in [-0.2, 0) is 0 Å². The molecule has 0 aromatic heterocycles. The fraction of sp³-hybridized carbons (Fsp3) is 0.500. The van der Waals surface area contributed by atoms with Crippen LogP contribution in [0.3, 0.4) is 0 Å². The number of rotatable bonds is 3. The molecule has 2 nitrogen and oxygen atoms in total. The topological polar surface area (TPSA) is 15.3 Å². The van der Waals surface area contributed by atoms with Gasteiger partial charge in [-0.25, -0.2) is 4.39 Å². The molecule has 0 aliphatic carbocycles. The average molecular weight is 334 g/mol. The van der Waals surface area contributed by atoms with Crippen LogP contribution < -0.4 is 5.32 Å². The highest BCUT2D eigenvalue weighted by Crippen LogP contribution is 2.23. The number of hydrogen-bond donors (Lipinski definition) is 1. The first-order chi connectivity index (χ1) is 7.81. The smallest absolute Gasteiger partial charge is 0.109 e. The van der Waals surface area contributed by atoms with E-state index in [2.05, 4.69) is 38.9 Å². The Bertz CT molecular complexity index is 340. The Morgan fingerprint density at radius 2 is 2.12 bits per heavy atom. The number of hydrogen-bond acceptors (Lipinski definition) is 2. The highest BCUT2D eigenvalue weighted by atomic mass is 127. The van der Waals surface area contributed by atoms with Crippen molar-refractivity contribution in [2.45, 2.75) is 6.04 Å². The van der Waals surface area contributed by atoms with Crippen LogP contribution in [0, 0.1) is 3.57 Å². The van der Waals surface area contributed by atoms with Crippen molar-refractivity contribution < 1.29 is 4.39 Å². The largest absolute Gasteiger partial charge is 0.314 e. The minimum atomic E-state index is -0.305. The number of piperazine rings is 1.